The first kappa shape index (κ1) is 25.2. The summed E-state index contributed by atoms with van der Waals surface area (Å²) in [6.45, 7) is 13.9. The molecule has 2 aliphatic heterocycles. The minimum absolute atomic E-state index is 0.0888. The monoisotopic (exact) mass is 500 g/mol. The average molecular weight is 501 g/mol. The van der Waals surface area contributed by atoms with Gasteiger partial charge in [-0.2, -0.15) is 0 Å². The largest absolute Gasteiger partial charge is 0.524 e. The van der Waals surface area contributed by atoms with Crippen LogP contribution in [-0.2, 0) is 14.0 Å². The molecule has 2 heterocycles. The Labute approximate surface area is 218 Å². The number of fused-ring (bicyclic) bond motifs is 7. The molecule has 5 nitrogen and oxygen atoms in total. The van der Waals surface area contributed by atoms with Gasteiger partial charge in [-0.15, -0.1) is 0 Å². The lowest BCUT2D eigenvalue weighted by atomic mass is 9.44. The molecule has 12 unspecified atom stereocenters. The summed E-state index contributed by atoms with van der Waals surface area (Å²) in [5, 5.41) is 10.4. The van der Waals surface area contributed by atoms with Crippen LogP contribution >= 0.6 is 0 Å². The second kappa shape index (κ2) is 8.20. The van der Waals surface area contributed by atoms with Crippen molar-refractivity contribution in [3.05, 3.63) is 0 Å². The number of hydrogen-bond donors (Lipinski definition) is 1. The van der Waals surface area contributed by atoms with E-state index in [9.17, 15) is 14.7 Å². The summed E-state index contributed by atoms with van der Waals surface area (Å²) in [7, 11) is 0. The van der Waals surface area contributed by atoms with Crippen molar-refractivity contribution in [1.29, 1.82) is 0 Å². The van der Waals surface area contributed by atoms with E-state index in [1.165, 1.54) is 32.1 Å². The molecule has 4 aliphatic carbocycles. The zero-order chi connectivity index (χ0) is 25.8. The Balaban J connectivity index is 1.36. The number of nitrogens with zero attached hydrogens (tertiary/aromatic N) is 1. The summed E-state index contributed by atoms with van der Waals surface area (Å²) < 4.78 is 3.39. The van der Waals surface area contributed by atoms with Crippen LogP contribution in [0.5, 0.6) is 0 Å². The number of hydrogen-bond acceptors (Lipinski definition) is 3. The van der Waals surface area contributed by atoms with Crippen LogP contribution in [0.4, 0.5) is 0 Å². The SMILES string of the molecule is CC(=O)N1CC(C)CCC12C(C)C1C(CC3C4CCC5CC(O)CCC5(C)C4CCC31C)[O+]2C(C)=O. The van der Waals surface area contributed by atoms with Crippen LogP contribution in [-0.4, -0.2) is 46.4 Å². The maximum Gasteiger partial charge on any atom is 0.517 e. The highest BCUT2D eigenvalue weighted by molar-refractivity contribution is 5.76. The van der Waals surface area contributed by atoms with Crippen molar-refractivity contribution in [3.8, 4) is 0 Å². The van der Waals surface area contributed by atoms with E-state index in [0.717, 1.165) is 50.5 Å². The van der Waals surface area contributed by atoms with Crippen LogP contribution in [0.25, 0.3) is 0 Å². The normalized spacial score (nSPS) is 54.0. The standard InChI is InChI=1S/C31H50NO4/c1-18-9-14-31(32(17-18)20(3)33)19(2)28-27(36(31)21(4)34)16-26-24-8-7-22-15-23(35)10-12-29(22,5)25(24)11-13-30(26,28)6/h18-19,22-28,35H,7-17H2,1-6H3/q+1. The molecule has 12 atom stereocenters. The topological polar surface area (TPSA) is 60.3 Å². The van der Waals surface area contributed by atoms with Gasteiger partial charge in [0.05, 0.1) is 13.0 Å². The first-order valence-electron chi connectivity index (χ1n) is 15.1. The van der Waals surface area contributed by atoms with Crippen molar-refractivity contribution in [2.24, 2.45) is 52.3 Å². The zero-order valence-corrected chi connectivity index (χ0v) is 23.6. The van der Waals surface area contributed by atoms with Gasteiger partial charge in [-0.05, 0) is 91.8 Å². The first-order chi connectivity index (χ1) is 16.9. The number of rotatable bonds is 0. The van der Waals surface area contributed by atoms with E-state index in [1.807, 2.05) is 0 Å². The van der Waals surface area contributed by atoms with Crippen LogP contribution in [0, 0.1) is 52.3 Å². The van der Waals surface area contributed by atoms with Gasteiger partial charge >= 0.3 is 5.97 Å². The molecular weight excluding hydrogens is 450 g/mol. The molecule has 2 saturated heterocycles. The zero-order valence-electron chi connectivity index (χ0n) is 23.6. The van der Waals surface area contributed by atoms with Gasteiger partial charge in [0.1, 0.15) is 6.10 Å². The molecule has 0 aromatic rings. The Bertz CT molecular complexity index is 936. The van der Waals surface area contributed by atoms with Crippen molar-refractivity contribution in [2.45, 2.75) is 124 Å². The Hall–Kier alpha value is -1.10. The third kappa shape index (κ3) is 3.10. The van der Waals surface area contributed by atoms with E-state index in [1.54, 1.807) is 13.8 Å². The van der Waals surface area contributed by atoms with E-state index >= 15 is 0 Å². The van der Waals surface area contributed by atoms with Crippen molar-refractivity contribution in [3.63, 3.8) is 0 Å². The summed E-state index contributed by atoms with van der Waals surface area (Å²) in [4.78, 5) is 28.6. The predicted octanol–water partition coefficient (Wildman–Crippen LogP) is 5.71. The lowest BCUT2D eigenvalue weighted by molar-refractivity contribution is -0.298. The van der Waals surface area contributed by atoms with Gasteiger partial charge < -0.3 is 9.47 Å². The Kier molecular flexibility index (Phi) is 5.74. The minimum Gasteiger partial charge on any atom is -0.524 e. The highest BCUT2D eigenvalue weighted by atomic mass is 16.8. The molecule has 0 radical (unpaired) electrons. The molecule has 6 rings (SSSR count). The van der Waals surface area contributed by atoms with Gasteiger partial charge in [0, 0.05) is 42.9 Å². The summed E-state index contributed by atoms with van der Waals surface area (Å²) in [5.74, 6) is 4.20. The molecule has 1 N–H and O–H groups in total. The lowest BCUT2D eigenvalue weighted by Gasteiger charge is -2.61. The van der Waals surface area contributed by atoms with Gasteiger partial charge in [-0.1, -0.05) is 27.7 Å². The van der Waals surface area contributed by atoms with E-state index in [-0.39, 0.29) is 35.4 Å². The maximum atomic E-state index is 13.4. The fraction of sp³-hybridized carbons (Fsp3) is 0.935. The highest BCUT2D eigenvalue weighted by Crippen LogP contribution is 2.73. The quantitative estimate of drug-likeness (QED) is 0.342. The van der Waals surface area contributed by atoms with Crippen LogP contribution in [0.15, 0.2) is 0 Å². The van der Waals surface area contributed by atoms with Crippen molar-refractivity contribution < 1.29 is 19.1 Å². The Morgan fingerprint density at radius 3 is 2.31 bits per heavy atom. The number of likely N-dealkylation sites (tertiary alicyclic amines) is 1. The van der Waals surface area contributed by atoms with Gasteiger partial charge in [-0.25, -0.2) is 0 Å². The first-order valence-corrected chi connectivity index (χ1v) is 15.1. The third-order valence-corrected chi connectivity index (χ3v) is 13.3. The molecule has 36 heavy (non-hydrogen) atoms. The molecule has 4 saturated carbocycles. The van der Waals surface area contributed by atoms with Gasteiger partial charge in [0.25, 0.3) is 0 Å². The van der Waals surface area contributed by atoms with E-state index in [2.05, 4.69) is 37.0 Å². The minimum atomic E-state index is -0.520. The van der Waals surface area contributed by atoms with E-state index < -0.39 is 5.72 Å². The molecule has 202 valence electrons. The van der Waals surface area contributed by atoms with Gasteiger partial charge in [-0.3, -0.25) is 9.69 Å². The molecule has 6 aliphatic rings. The van der Waals surface area contributed by atoms with E-state index in [0.29, 0.717) is 29.1 Å². The molecular formula is C31H50NO4+. The molecule has 0 bridgehead atoms. The van der Waals surface area contributed by atoms with Crippen molar-refractivity contribution >= 4 is 11.9 Å². The number of aliphatic hydroxyl groups excluding tert-OH is 1. The molecule has 0 aromatic carbocycles. The predicted molar refractivity (Wildman–Crippen MR) is 140 cm³/mol. The highest BCUT2D eigenvalue weighted by Gasteiger charge is 2.75. The van der Waals surface area contributed by atoms with Gasteiger partial charge in [0.15, 0.2) is 0 Å². The summed E-state index contributed by atoms with van der Waals surface area (Å²) in [6, 6.07) is 0. The number of aliphatic hydroxyl groups is 1. The molecule has 5 heteroatoms. The van der Waals surface area contributed by atoms with Crippen molar-refractivity contribution in [1.82, 2.24) is 4.90 Å². The third-order valence-electron chi connectivity index (χ3n) is 13.3. The van der Waals surface area contributed by atoms with Crippen LogP contribution in [0.1, 0.15) is 106 Å². The summed E-state index contributed by atoms with van der Waals surface area (Å²) in [5.41, 5.74) is 0.0677. The fourth-order valence-corrected chi connectivity index (χ4v) is 11.8. The second-order valence-corrected chi connectivity index (χ2v) is 14.7. The smallest absolute Gasteiger partial charge is 0.517 e. The van der Waals surface area contributed by atoms with Crippen LogP contribution in [0.3, 0.4) is 0 Å². The summed E-state index contributed by atoms with van der Waals surface area (Å²) in [6.07, 6.45) is 11.4. The number of carbonyl (C=O) groups excluding carboxylic acids is 2. The Morgan fingerprint density at radius 1 is 0.889 bits per heavy atom. The number of amides is 1. The van der Waals surface area contributed by atoms with Crippen LogP contribution < -0.4 is 0 Å². The maximum absolute atomic E-state index is 13.4. The average Bonchev–Trinajstić information content (AvgIpc) is 3.25. The molecule has 0 aromatic heterocycles. The van der Waals surface area contributed by atoms with Gasteiger partial charge in [0.2, 0.25) is 11.6 Å². The molecule has 6 fully saturated rings. The second-order valence-electron chi connectivity index (χ2n) is 14.7. The summed E-state index contributed by atoms with van der Waals surface area (Å²) >= 11 is 0. The fourth-order valence-electron chi connectivity index (χ4n) is 11.8. The van der Waals surface area contributed by atoms with Crippen LogP contribution in [0.2, 0.25) is 0 Å². The van der Waals surface area contributed by atoms with Crippen molar-refractivity contribution in [2.75, 3.05) is 6.54 Å². The Morgan fingerprint density at radius 2 is 1.61 bits per heavy atom. The lowest BCUT2D eigenvalue weighted by Crippen LogP contribution is -2.64. The molecule has 1 spiro atoms. The number of carbonyl (C=O) groups is 2. The molecule has 1 amide bonds. The van der Waals surface area contributed by atoms with E-state index in [4.69, 9.17) is 0 Å². The number of piperidine rings is 1.